The summed E-state index contributed by atoms with van der Waals surface area (Å²) >= 11 is 0. The first-order valence-corrected chi connectivity index (χ1v) is 1.95. The molecule has 0 rings (SSSR count). The molecule has 0 amide bonds. The third-order valence-corrected chi connectivity index (χ3v) is 0. The van der Waals surface area contributed by atoms with E-state index in [9.17, 15) is 0 Å². The van der Waals surface area contributed by atoms with Gasteiger partial charge in [-0.3, -0.25) is 0 Å². The maximum Gasteiger partial charge on any atom is 1.00 e. The molecular formula is C3H9KNa2O9. The van der Waals surface area contributed by atoms with Gasteiger partial charge in [0.15, 0.2) is 0 Å². The summed E-state index contributed by atoms with van der Waals surface area (Å²) < 4.78 is 0. The average Bonchev–Trinajstić information content (AvgIpc) is 1.54. The number of hydrogen-bond donors (Lipinski definition) is 6. The Labute approximate surface area is 175 Å². The second-order valence-corrected chi connectivity index (χ2v) is 0.848. The van der Waals surface area contributed by atoms with Crippen molar-refractivity contribution in [2.45, 2.75) is 0 Å². The van der Waals surface area contributed by atoms with Crippen LogP contribution in [0.15, 0.2) is 0 Å². The molecule has 0 heterocycles. The van der Waals surface area contributed by atoms with Crippen molar-refractivity contribution in [1.29, 1.82) is 0 Å². The number of hydrogen-bond acceptors (Lipinski definition) is 3. The van der Waals surface area contributed by atoms with Gasteiger partial charge >= 0.3 is 129 Å². The number of rotatable bonds is 0. The molecular weight excluding hydrogens is 265 g/mol. The Kier molecular flexibility index (Phi) is 70.8. The van der Waals surface area contributed by atoms with Crippen LogP contribution in [0, 0.1) is 0 Å². The fourth-order valence-corrected chi connectivity index (χ4v) is 0. The topological polar surface area (TPSA) is 173 Å². The van der Waals surface area contributed by atoms with Gasteiger partial charge in [0, 0.05) is 0 Å². The SMILES string of the molecule is O=C(O)O.O=C(O)O.O=C(O)O.[H-].[H-].[H-].[K+].[Na+].[Na+]. The molecule has 0 aromatic carbocycles. The number of carboxylic acid groups (broad SMARTS) is 6. The summed E-state index contributed by atoms with van der Waals surface area (Å²) in [6, 6.07) is 0. The summed E-state index contributed by atoms with van der Waals surface area (Å²) in [5.41, 5.74) is 0. The first kappa shape index (κ1) is 36.0. The van der Waals surface area contributed by atoms with Crippen LogP contribution in [-0.2, 0) is 0 Å². The molecule has 0 aromatic rings. The van der Waals surface area contributed by atoms with Crippen molar-refractivity contribution in [2.75, 3.05) is 0 Å². The molecule has 12 heteroatoms. The minimum absolute atomic E-state index is 0. The maximum atomic E-state index is 8.56. The molecule has 78 valence electrons. The van der Waals surface area contributed by atoms with E-state index in [1.54, 1.807) is 0 Å². The molecule has 9 nitrogen and oxygen atoms in total. The van der Waals surface area contributed by atoms with E-state index in [4.69, 9.17) is 45.0 Å². The average molecular weight is 274 g/mol. The second-order valence-electron chi connectivity index (χ2n) is 0.848. The van der Waals surface area contributed by atoms with Crippen LogP contribution in [0.25, 0.3) is 0 Å². The fraction of sp³-hybridized carbons (Fsp3) is 0. The van der Waals surface area contributed by atoms with E-state index in [2.05, 4.69) is 0 Å². The summed E-state index contributed by atoms with van der Waals surface area (Å²) in [6.07, 6.45) is -5.50. The molecule has 0 aromatic heterocycles. The molecule has 0 unspecified atom stereocenters. The van der Waals surface area contributed by atoms with Crippen LogP contribution < -0.4 is 110 Å². The molecule has 0 spiro atoms. The zero-order chi connectivity index (χ0) is 10.7. The maximum absolute atomic E-state index is 8.56. The van der Waals surface area contributed by atoms with Crippen molar-refractivity contribution in [3.05, 3.63) is 0 Å². The van der Waals surface area contributed by atoms with Crippen LogP contribution in [0.4, 0.5) is 14.4 Å². The van der Waals surface area contributed by atoms with E-state index in [0.29, 0.717) is 0 Å². The Morgan fingerprint density at radius 2 is 0.600 bits per heavy atom. The summed E-state index contributed by atoms with van der Waals surface area (Å²) in [6.45, 7) is 0. The Balaban J connectivity index is -0.00000000827. The van der Waals surface area contributed by atoms with Gasteiger partial charge in [-0.05, 0) is 0 Å². The Morgan fingerprint density at radius 3 is 0.600 bits per heavy atom. The van der Waals surface area contributed by atoms with Crippen molar-refractivity contribution in [3.63, 3.8) is 0 Å². The van der Waals surface area contributed by atoms with Gasteiger partial charge < -0.3 is 34.9 Å². The van der Waals surface area contributed by atoms with Gasteiger partial charge in [0.2, 0.25) is 0 Å². The van der Waals surface area contributed by atoms with Gasteiger partial charge in [-0.1, -0.05) is 0 Å². The smallest absolute Gasteiger partial charge is 1.00 e. The number of carbonyl (C=O) groups is 3. The van der Waals surface area contributed by atoms with Gasteiger partial charge in [0.1, 0.15) is 0 Å². The van der Waals surface area contributed by atoms with Crippen LogP contribution in [0.2, 0.25) is 0 Å². The van der Waals surface area contributed by atoms with Crippen LogP contribution in [0.5, 0.6) is 0 Å². The molecule has 15 heavy (non-hydrogen) atoms. The van der Waals surface area contributed by atoms with Crippen molar-refractivity contribution in [3.8, 4) is 0 Å². The molecule has 0 atom stereocenters. The third-order valence-electron chi connectivity index (χ3n) is 0. The monoisotopic (exact) mass is 274 g/mol. The minimum Gasteiger partial charge on any atom is -1.00 e. The predicted molar refractivity (Wildman–Crippen MR) is 35.3 cm³/mol. The minimum atomic E-state index is -1.83. The normalized spacial score (nSPS) is 4.80. The standard InChI is InChI=1S/3CH2O3.K.2Na.3H/c3*2-1(3)4;;;;;;/h3*(H2,2,3,4);;;;;;/q;;;3*+1;3*-1. The largest absolute Gasteiger partial charge is 1.00 e. The molecule has 0 aliphatic carbocycles. The quantitative estimate of drug-likeness (QED) is 0.234. The summed E-state index contributed by atoms with van der Waals surface area (Å²) in [7, 11) is 0. The Morgan fingerprint density at radius 1 is 0.600 bits per heavy atom. The predicted octanol–water partition coefficient (Wildman–Crippen LogP) is -7.98. The fourth-order valence-electron chi connectivity index (χ4n) is 0. The van der Waals surface area contributed by atoms with E-state index in [0.717, 1.165) is 0 Å². The zero-order valence-corrected chi connectivity index (χ0v) is 15.5. The van der Waals surface area contributed by atoms with E-state index >= 15 is 0 Å². The molecule has 0 aliphatic heterocycles. The molecule has 6 N–H and O–H groups in total. The van der Waals surface area contributed by atoms with E-state index in [1.807, 2.05) is 0 Å². The molecule has 0 bridgehead atoms. The van der Waals surface area contributed by atoms with Gasteiger partial charge in [0.25, 0.3) is 0 Å². The van der Waals surface area contributed by atoms with Crippen LogP contribution in [0.3, 0.4) is 0 Å². The first-order valence-electron chi connectivity index (χ1n) is 1.95. The van der Waals surface area contributed by atoms with E-state index < -0.39 is 18.5 Å². The molecule has 0 saturated heterocycles. The van der Waals surface area contributed by atoms with Crippen molar-refractivity contribution < 1.29 is 160 Å². The van der Waals surface area contributed by atoms with Gasteiger partial charge in [0.05, 0.1) is 0 Å². The summed E-state index contributed by atoms with van der Waals surface area (Å²) in [5, 5.41) is 41.8. The summed E-state index contributed by atoms with van der Waals surface area (Å²) in [5.74, 6) is 0. The van der Waals surface area contributed by atoms with Crippen molar-refractivity contribution in [2.24, 2.45) is 0 Å². The first-order chi connectivity index (χ1) is 5.20. The Bertz CT molecular complexity index is 133. The van der Waals surface area contributed by atoms with E-state index in [1.165, 1.54) is 0 Å². The Hall–Kier alpha value is 1.45. The van der Waals surface area contributed by atoms with Crippen molar-refractivity contribution >= 4 is 18.5 Å². The molecule has 0 saturated carbocycles. The second kappa shape index (κ2) is 29.5. The van der Waals surface area contributed by atoms with Crippen LogP contribution in [-0.4, -0.2) is 49.1 Å². The zero-order valence-electron chi connectivity index (χ0n) is 11.4. The van der Waals surface area contributed by atoms with Gasteiger partial charge in [-0.15, -0.1) is 0 Å². The summed E-state index contributed by atoms with van der Waals surface area (Å²) in [4.78, 5) is 25.7. The van der Waals surface area contributed by atoms with Gasteiger partial charge in [-0.25, -0.2) is 14.4 Å². The van der Waals surface area contributed by atoms with E-state index in [-0.39, 0.29) is 115 Å². The van der Waals surface area contributed by atoms with Crippen LogP contribution >= 0.6 is 0 Å². The molecule has 0 radical (unpaired) electrons. The van der Waals surface area contributed by atoms with Crippen molar-refractivity contribution in [1.82, 2.24) is 0 Å². The molecule has 0 fully saturated rings. The third kappa shape index (κ3) is 1330. The van der Waals surface area contributed by atoms with Crippen LogP contribution in [0.1, 0.15) is 4.28 Å². The molecule has 0 aliphatic rings. The van der Waals surface area contributed by atoms with Gasteiger partial charge in [-0.2, -0.15) is 0 Å².